The number of hydrogen-bond donors (Lipinski definition) is 1. The average Bonchev–Trinajstić information content (AvgIpc) is 2.71. The van der Waals surface area contributed by atoms with Gasteiger partial charge in [0.05, 0.1) is 11.9 Å². The van der Waals surface area contributed by atoms with Crippen LogP contribution < -0.4 is 9.62 Å². The fraction of sp³-hybridized carbons (Fsp3) is 0.417. The molecule has 7 nitrogen and oxygen atoms in total. The van der Waals surface area contributed by atoms with Crippen molar-refractivity contribution < 1.29 is 18.0 Å². The molecular weight excluding hydrogens is 497 g/mol. The summed E-state index contributed by atoms with van der Waals surface area (Å²) >= 11 is 12.2. The van der Waals surface area contributed by atoms with Crippen molar-refractivity contribution in [3.63, 3.8) is 0 Å². The van der Waals surface area contributed by atoms with Crippen LogP contribution in [-0.4, -0.2) is 49.5 Å². The molecule has 2 aromatic carbocycles. The van der Waals surface area contributed by atoms with E-state index in [0.29, 0.717) is 21.3 Å². The topological polar surface area (TPSA) is 86.8 Å². The lowest BCUT2D eigenvalue weighted by Crippen LogP contribution is -2.54. The highest BCUT2D eigenvalue weighted by molar-refractivity contribution is 7.92. The summed E-state index contributed by atoms with van der Waals surface area (Å²) in [5.41, 5.74) is 1.08. The monoisotopic (exact) mass is 527 g/mol. The highest BCUT2D eigenvalue weighted by Crippen LogP contribution is 2.28. The van der Waals surface area contributed by atoms with Crippen LogP contribution in [0.3, 0.4) is 0 Å². The minimum Gasteiger partial charge on any atom is -0.350 e. The molecule has 186 valence electrons. The standard InChI is InChI=1S/C24H31Cl2N3O4S/c1-16-20(26)8-7-9-21(16)29(34(6,32)33)15-22(30)28(14-18-10-12-19(25)13-11-18)17(2)23(31)27-24(3,4)5/h7-13,17H,14-15H2,1-6H3,(H,27,31). The van der Waals surface area contributed by atoms with Crippen molar-refractivity contribution >= 4 is 50.7 Å². The predicted molar refractivity (Wildman–Crippen MR) is 138 cm³/mol. The van der Waals surface area contributed by atoms with Gasteiger partial charge in [-0.1, -0.05) is 41.4 Å². The molecule has 0 saturated heterocycles. The smallest absolute Gasteiger partial charge is 0.244 e. The lowest BCUT2D eigenvalue weighted by Gasteiger charge is -2.33. The zero-order valence-corrected chi connectivity index (χ0v) is 22.6. The molecule has 0 saturated carbocycles. The second kappa shape index (κ2) is 11.0. The van der Waals surface area contributed by atoms with Crippen LogP contribution in [0.2, 0.25) is 10.0 Å². The lowest BCUT2D eigenvalue weighted by atomic mass is 10.1. The van der Waals surface area contributed by atoms with Crippen molar-refractivity contribution in [1.82, 2.24) is 10.2 Å². The second-order valence-electron chi connectivity index (χ2n) is 9.22. The van der Waals surface area contributed by atoms with Crippen LogP contribution in [0.1, 0.15) is 38.8 Å². The number of nitrogens with zero attached hydrogens (tertiary/aromatic N) is 2. The second-order valence-corrected chi connectivity index (χ2v) is 12.0. The van der Waals surface area contributed by atoms with Gasteiger partial charge in [-0.05, 0) is 70.0 Å². The van der Waals surface area contributed by atoms with Gasteiger partial charge >= 0.3 is 0 Å². The zero-order valence-electron chi connectivity index (χ0n) is 20.2. The van der Waals surface area contributed by atoms with Crippen molar-refractivity contribution in [2.24, 2.45) is 0 Å². The maximum Gasteiger partial charge on any atom is 0.244 e. The summed E-state index contributed by atoms with van der Waals surface area (Å²) in [7, 11) is -3.83. The van der Waals surface area contributed by atoms with E-state index in [1.807, 2.05) is 20.8 Å². The first-order chi connectivity index (χ1) is 15.6. The van der Waals surface area contributed by atoms with E-state index < -0.39 is 34.1 Å². The van der Waals surface area contributed by atoms with Crippen LogP contribution in [-0.2, 0) is 26.2 Å². The van der Waals surface area contributed by atoms with Gasteiger partial charge in [-0.2, -0.15) is 0 Å². The zero-order chi connectivity index (χ0) is 25.8. The molecule has 34 heavy (non-hydrogen) atoms. The van der Waals surface area contributed by atoms with Crippen molar-refractivity contribution in [3.05, 3.63) is 63.6 Å². The molecule has 0 bridgehead atoms. The van der Waals surface area contributed by atoms with Gasteiger partial charge in [0.2, 0.25) is 21.8 Å². The molecule has 10 heteroatoms. The summed E-state index contributed by atoms with van der Waals surface area (Å²) in [6.07, 6.45) is 1.03. The van der Waals surface area contributed by atoms with Gasteiger partial charge in [-0.3, -0.25) is 13.9 Å². The van der Waals surface area contributed by atoms with E-state index in [9.17, 15) is 18.0 Å². The van der Waals surface area contributed by atoms with Gasteiger partial charge in [0.25, 0.3) is 0 Å². The molecule has 0 aromatic heterocycles. The summed E-state index contributed by atoms with van der Waals surface area (Å²) in [4.78, 5) is 27.8. The quantitative estimate of drug-likeness (QED) is 0.551. The summed E-state index contributed by atoms with van der Waals surface area (Å²) in [6.45, 7) is 8.44. The summed E-state index contributed by atoms with van der Waals surface area (Å²) in [5.74, 6) is -0.879. The number of carbonyl (C=O) groups excluding carboxylic acids is 2. The van der Waals surface area contributed by atoms with Crippen molar-refractivity contribution in [2.75, 3.05) is 17.1 Å². The average molecular weight is 529 g/mol. The fourth-order valence-corrected chi connectivity index (χ4v) is 4.50. The number of anilines is 1. The Morgan fingerprint density at radius 1 is 1.06 bits per heavy atom. The predicted octanol–water partition coefficient (Wildman–Crippen LogP) is 4.40. The maximum atomic E-state index is 13.5. The van der Waals surface area contributed by atoms with Gasteiger partial charge < -0.3 is 10.2 Å². The largest absolute Gasteiger partial charge is 0.350 e. The summed E-state index contributed by atoms with van der Waals surface area (Å²) in [5, 5.41) is 3.80. The number of amides is 2. The van der Waals surface area contributed by atoms with Crippen LogP contribution in [0.15, 0.2) is 42.5 Å². The Hall–Kier alpha value is -2.29. The minimum absolute atomic E-state index is 0.0981. The van der Waals surface area contributed by atoms with E-state index in [1.165, 1.54) is 4.90 Å². The Balaban J connectivity index is 2.44. The first-order valence-corrected chi connectivity index (χ1v) is 13.3. The van der Waals surface area contributed by atoms with E-state index >= 15 is 0 Å². The molecule has 0 aliphatic carbocycles. The lowest BCUT2D eigenvalue weighted by molar-refractivity contribution is -0.140. The van der Waals surface area contributed by atoms with Crippen LogP contribution in [0.4, 0.5) is 5.69 Å². The molecule has 0 fully saturated rings. The van der Waals surface area contributed by atoms with E-state index in [2.05, 4.69) is 5.32 Å². The van der Waals surface area contributed by atoms with Crippen LogP contribution in [0, 0.1) is 6.92 Å². The number of carbonyl (C=O) groups is 2. The van der Waals surface area contributed by atoms with Gasteiger partial charge in [0, 0.05) is 22.1 Å². The van der Waals surface area contributed by atoms with Gasteiger partial charge in [-0.25, -0.2) is 8.42 Å². The van der Waals surface area contributed by atoms with Crippen LogP contribution in [0.5, 0.6) is 0 Å². The molecule has 0 aliphatic heterocycles. The van der Waals surface area contributed by atoms with E-state index in [4.69, 9.17) is 23.2 Å². The number of benzene rings is 2. The van der Waals surface area contributed by atoms with Gasteiger partial charge in [0.1, 0.15) is 12.6 Å². The Kier molecular flexibility index (Phi) is 9.02. The number of halogens is 2. The number of sulfonamides is 1. The molecule has 2 aromatic rings. The Labute approximate surface area is 212 Å². The maximum absolute atomic E-state index is 13.5. The first kappa shape index (κ1) is 28.0. The summed E-state index contributed by atoms with van der Waals surface area (Å²) in [6, 6.07) is 10.9. The minimum atomic E-state index is -3.83. The molecule has 0 spiro atoms. The first-order valence-electron chi connectivity index (χ1n) is 10.7. The molecule has 1 N–H and O–H groups in total. The van der Waals surface area contributed by atoms with Crippen LogP contribution >= 0.6 is 23.2 Å². The third-order valence-electron chi connectivity index (χ3n) is 5.12. The van der Waals surface area contributed by atoms with E-state index in [1.54, 1.807) is 56.3 Å². The molecule has 2 rings (SSSR count). The van der Waals surface area contributed by atoms with Crippen molar-refractivity contribution in [2.45, 2.75) is 52.7 Å². The molecule has 0 heterocycles. The molecule has 1 unspecified atom stereocenters. The van der Waals surface area contributed by atoms with E-state index in [0.717, 1.165) is 16.1 Å². The highest BCUT2D eigenvalue weighted by Gasteiger charge is 2.31. The summed E-state index contributed by atoms with van der Waals surface area (Å²) < 4.78 is 26.3. The SMILES string of the molecule is Cc1c(Cl)cccc1N(CC(=O)N(Cc1ccc(Cl)cc1)C(C)C(=O)NC(C)(C)C)S(C)(=O)=O. The molecule has 2 amide bonds. The van der Waals surface area contributed by atoms with Gasteiger partial charge in [0.15, 0.2) is 0 Å². The van der Waals surface area contributed by atoms with Crippen molar-refractivity contribution in [3.8, 4) is 0 Å². The normalized spacial score (nSPS) is 12.7. The van der Waals surface area contributed by atoms with Gasteiger partial charge in [-0.15, -0.1) is 0 Å². The Morgan fingerprint density at radius 3 is 2.18 bits per heavy atom. The third kappa shape index (κ3) is 7.61. The molecule has 1 atom stereocenters. The van der Waals surface area contributed by atoms with Crippen LogP contribution in [0.25, 0.3) is 0 Å². The Bertz CT molecular complexity index is 1150. The third-order valence-corrected chi connectivity index (χ3v) is 6.91. The highest BCUT2D eigenvalue weighted by atomic mass is 35.5. The number of hydrogen-bond acceptors (Lipinski definition) is 4. The molecule has 0 aliphatic rings. The fourth-order valence-electron chi connectivity index (χ4n) is 3.30. The number of rotatable bonds is 8. The molecule has 0 radical (unpaired) electrons. The number of nitrogens with one attached hydrogen (secondary N) is 1. The van der Waals surface area contributed by atoms with E-state index in [-0.39, 0.29) is 12.5 Å². The molecular formula is C24H31Cl2N3O4S. The van der Waals surface area contributed by atoms with Crippen molar-refractivity contribution in [1.29, 1.82) is 0 Å². The Morgan fingerprint density at radius 2 is 1.65 bits per heavy atom.